The van der Waals surface area contributed by atoms with Crippen molar-refractivity contribution in [1.82, 2.24) is 4.98 Å². The Morgan fingerprint density at radius 3 is 2.26 bits per heavy atom. The smallest absolute Gasteiger partial charge is 0.255 e. The van der Waals surface area contributed by atoms with Gasteiger partial charge >= 0.3 is 0 Å². The van der Waals surface area contributed by atoms with Gasteiger partial charge in [0.2, 0.25) is 0 Å². The molecule has 4 nitrogen and oxygen atoms in total. The highest BCUT2D eigenvalue weighted by Crippen LogP contribution is 2.30. The summed E-state index contributed by atoms with van der Waals surface area (Å²) in [6.07, 6.45) is 1.66. The van der Waals surface area contributed by atoms with E-state index in [0.717, 1.165) is 17.1 Å². The molecule has 3 aromatic rings. The van der Waals surface area contributed by atoms with Gasteiger partial charge in [-0.3, -0.25) is 4.79 Å². The number of amides is 1. The minimum absolute atomic E-state index is 0.0333. The molecule has 0 radical (unpaired) electrons. The van der Waals surface area contributed by atoms with Crippen LogP contribution in [0.4, 0.5) is 17.2 Å². The number of anilines is 3. The topological polar surface area (TPSA) is 54.0 Å². The molecule has 27 heavy (non-hydrogen) atoms. The van der Waals surface area contributed by atoms with Crippen LogP contribution in [-0.4, -0.2) is 10.9 Å². The molecule has 1 heterocycles. The molecule has 138 valence electrons. The fraction of sp³-hybridized carbons (Fsp3) is 0.217. The fourth-order valence-corrected chi connectivity index (χ4v) is 2.83. The molecule has 0 saturated heterocycles. The summed E-state index contributed by atoms with van der Waals surface area (Å²) in [6.45, 7) is 8.55. The summed E-state index contributed by atoms with van der Waals surface area (Å²) < 4.78 is 0. The molecular formula is C23H25N3O. The zero-order chi connectivity index (χ0) is 19.4. The Kier molecular flexibility index (Phi) is 5.26. The van der Waals surface area contributed by atoms with E-state index in [0.29, 0.717) is 11.3 Å². The molecule has 0 aliphatic carbocycles. The van der Waals surface area contributed by atoms with E-state index in [1.807, 2.05) is 55.5 Å². The van der Waals surface area contributed by atoms with E-state index in [1.54, 1.807) is 6.20 Å². The molecule has 2 N–H and O–H groups in total. The first-order valence-electron chi connectivity index (χ1n) is 9.03. The van der Waals surface area contributed by atoms with Gasteiger partial charge in [-0.25, -0.2) is 4.98 Å². The standard InChI is InChI=1S/C23H25N3O/c1-16-9-11-17(12-10-16)22(27)25-18-13-14-21(24-15-18)26-20-8-6-5-7-19(20)23(2,3)4/h5-15H,1-4H3,(H,24,26)(H,25,27). The summed E-state index contributed by atoms with van der Waals surface area (Å²) in [5, 5.41) is 6.25. The van der Waals surface area contributed by atoms with E-state index >= 15 is 0 Å². The molecule has 0 saturated carbocycles. The van der Waals surface area contributed by atoms with Crippen molar-refractivity contribution in [2.75, 3.05) is 10.6 Å². The second-order valence-electron chi connectivity index (χ2n) is 7.67. The van der Waals surface area contributed by atoms with Crippen molar-refractivity contribution < 1.29 is 4.79 Å². The van der Waals surface area contributed by atoms with Gasteiger partial charge in [0.1, 0.15) is 5.82 Å². The van der Waals surface area contributed by atoms with Crippen molar-refractivity contribution in [3.05, 3.63) is 83.6 Å². The maximum absolute atomic E-state index is 12.3. The molecule has 0 fully saturated rings. The van der Waals surface area contributed by atoms with Crippen LogP contribution in [0.2, 0.25) is 0 Å². The molecule has 0 bridgehead atoms. The van der Waals surface area contributed by atoms with Crippen LogP contribution in [0.25, 0.3) is 0 Å². The Labute approximate surface area is 160 Å². The van der Waals surface area contributed by atoms with Gasteiger partial charge in [0.15, 0.2) is 0 Å². The van der Waals surface area contributed by atoms with Crippen LogP contribution in [0, 0.1) is 6.92 Å². The zero-order valence-corrected chi connectivity index (χ0v) is 16.2. The third-order valence-corrected chi connectivity index (χ3v) is 4.33. The lowest BCUT2D eigenvalue weighted by molar-refractivity contribution is 0.102. The first kappa shape index (κ1) is 18.6. The largest absolute Gasteiger partial charge is 0.340 e. The minimum atomic E-state index is -0.143. The molecule has 4 heteroatoms. The van der Waals surface area contributed by atoms with Gasteiger partial charge in [0.25, 0.3) is 5.91 Å². The molecule has 0 aliphatic heterocycles. The molecular weight excluding hydrogens is 334 g/mol. The number of para-hydroxylation sites is 1. The highest BCUT2D eigenvalue weighted by atomic mass is 16.1. The lowest BCUT2D eigenvalue weighted by Crippen LogP contribution is -2.14. The van der Waals surface area contributed by atoms with Gasteiger partial charge in [-0.2, -0.15) is 0 Å². The van der Waals surface area contributed by atoms with E-state index in [-0.39, 0.29) is 11.3 Å². The van der Waals surface area contributed by atoms with Crippen LogP contribution in [0.3, 0.4) is 0 Å². The number of pyridine rings is 1. The number of hydrogen-bond donors (Lipinski definition) is 2. The maximum atomic E-state index is 12.3. The van der Waals surface area contributed by atoms with E-state index in [4.69, 9.17) is 0 Å². The zero-order valence-electron chi connectivity index (χ0n) is 16.2. The molecule has 0 unspecified atom stereocenters. The average Bonchev–Trinajstić information content (AvgIpc) is 2.63. The number of carbonyl (C=O) groups is 1. The molecule has 1 aromatic heterocycles. The Hall–Kier alpha value is -3.14. The summed E-state index contributed by atoms with van der Waals surface area (Å²) in [5.41, 5.74) is 4.71. The van der Waals surface area contributed by atoms with Crippen LogP contribution in [0.15, 0.2) is 66.9 Å². The number of hydrogen-bond acceptors (Lipinski definition) is 3. The summed E-state index contributed by atoms with van der Waals surface area (Å²) in [5.74, 6) is 0.593. The number of nitrogens with one attached hydrogen (secondary N) is 2. The SMILES string of the molecule is Cc1ccc(C(=O)Nc2ccc(Nc3ccccc3C(C)(C)C)nc2)cc1. The number of nitrogens with zero attached hydrogens (tertiary/aromatic N) is 1. The van der Waals surface area contributed by atoms with Crippen LogP contribution in [0.5, 0.6) is 0 Å². The van der Waals surface area contributed by atoms with E-state index in [9.17, 15) is 4.79 Å². The summed E-state index contributed by atoms with van der Waals surface area (Å²) in [7, 11) is 0. The number of aryl methyl sites for hydroxylation is 1. The van der Waals surface area contributed by atoms with Gasteiger partial charge in [-0.1, -0.05) is 56.7 Å². The quantitative estimate of drug-likeness (QED) is 0.630. The second kappa shape index (κ2) is 7.62. The Bertz CT molecular complexity index is 923. The van der Waals surface area contributed by atoms with Crippen LogP contribution >= 0.6 is 0 Å². The lowest BCUT2D eigenvalue weighted by Gasteiger charge is -2.23. The van der Waals surface area contributed by atoms with Crippen molar-refractivity contribution in [1.29, 1.82) is 0 Å². The normalized spacial score (nSPS) is 11.1. The minimum Gasteiger partial charge on any atom is -0.340 e. The van der Waals surface area contributed by atoms with Crippen molar-refractivity contribution in [2.45, 2.75) is 33.1 Å². The van der Waals surface area contributed by atoms with Gasteiger partial charge in [-0.15, -0.1) is 0 Å². The Balaban J connectivity index is 1.71. The van der Waals surface area contributed by atoms with Gasteiger partial charge in [-0.05, 0) is 48.2 Å². The van der Waals surface area contributed by atoms with Crippen LogP contribution < -0.4 is 10.6 Å². The van der Waals surface area contributed by atoms with Gasteiger partial charge in [0.05, 0.1) is 11.9 Å². The Morgan fingerprint density at radius 1 is 0.926 bits per heavy atom. The van der Waals surface area contributed by atoms with E-state index < -0.39 is 0 Å². The number of benzene rings is 2. The first-order valence-corrected chi connectivity index (χ1v) is 9.03. The summed E-state index contributed by atoms with van der Waals surface area (Å²) in [6, 6.07) is 19.4. The maximum Gasteiger partial charge on any atom is 0.255 e. The predicted molar refractivity (Wildman–Crippen MR) is 112 cm³/mol. The Morgan fingerprint density at radius 2 is 1.63 bits per heavy atom. The second-order valence-corrected chi connectivity index (χ2v) is 7.67. The van der Waals surface area contributed by atoms with Crippen molar-refractivity contribution >= 4 is 23.1 Å². The van der Waals surface area contributed by atoms with Crippen molar-refractivity contribution in [3.8, 4) is 0 Å². The third kappa shape index (κ3) is 4.73. The monoisotopic (exact) mass is 359 g/mol. The van der Waals surface area contributed by atoms with Crippen LogP contribution in [0.1, 0.15) is 42.3 Å². The molecule has 3 rings (SSSR count). The molecule has 0 atom stereocenters. The molecule has 1 amide bonds. The van der Waals surface area contributed by atoms with Crippen molar-refractivity contribution in [3.63, 3.8) is 0 Å². The predicted octanol–water partition coefficient (Wildman–Crippen LogP) is 5.68. The van der Waals surface area contributed by atoms with Crippen molar-refractivity contribution in [2.24, 2.45) is 0 Å². The van der Waals surface area contributed by atoms with Crippen LogP contribution in [-0.2, 0) is 5.41 Å². The fourth-order valence-electron chi connectivity index (χ4n) is 2.83. The molecule has 0 spiro atoms. The third-order valence-electron chi connectivity index (χ3n) is 4.33. The van der Waals surface area contributed by atoms with Gasteiger partial charge < -0.3 is 10.6 Å². The first-order chi connectivity index (χ1) is 12.8. The highest BCUT2D eigenvalue weighted by Gasteiger charge is 2.17. The molecule has 0 aliphatic rings. The number of rotatable bonds is 4. The van der Waals surface area contributed by atoms with E-state index in [1.165, 1.54) is 5.56 Å². The summed E-state index contributed by atoms with van der Waals surface area (Å²) in [4.78, 5) is 16.7. The molecule has 2 aromatic carbocycles. The summed E-state index contributed by atoms with van der Waals surface area (Å²) >= 11 is 0. The number of aromatic nitrogens is 1. The highest BCUT2D eigenvalue weighted by molar-refractivity contribution is 6.04. The van der Waals surface area contributed by atoms with Gasteiger partial charge in [0, 0.05) is 11.3 Å². The van der Waals surface area contributed by atoms with E-state index in [2.05, 4.69) is 48.5 Å². The lowest BCUT2D eigenvalue weighted by atomic mass is 9.86. The number of carbonyl (C=O) groups excluding carboxylic acids is 1. The average molecular weight is 359 g/mol.